The van der Waals surface area contributed by atoms with E-state index >= 15 is 0 Å². The van der Waals surface area contributed by atoms with Crippen LogP contribution in [0.25, 0.3) is 0 Å². The van der Waals surface area contributed by atoms with E-state index in [1.54, 1.807) is 0 Å². The van der Waals surface area contributed by atoms with Crippen LogP contribution < -0.4 is 10.6 Å². The quantitative estimate of drug-likeness (QED) is 0.774. The minimum Gasteiger partial charge on any atom is -0.351 e. The van der Waals surface area contributed by atoms with Gasteiger partial charge in [0.15, 0.2) is 0 Å². The Labute approximate surface area is 105 Å². The van der Waals surface area contributed by atoms with Crippen LogP contribution in [-0.2, 0) is 15.8 Å². The molecule has 1 aromatic carbocycles. The SMILES string of the molecule is CNC(=O)C(=O)Nc1ccc(Cl)cc1C(F)(F)F. The lowest BCUT2D eigenvalue weighted by Crippen LogP contribution is -2.33. The van der Waals surface area contributed by atoms with E-state index < -0.39 is 29.2 Å². The van der Waals surface area contributed by atoms with E-state index in [-0.39, 0.29) is 5.02 Å². The van der Waals surface area contributed by atoms with Crippen molar-refractivity contribution in [1.29, 1.82) is 0 Å². The molecule has 2 amide bonds. The van der Waals surface area contributed by atoms with Crippen LogP contribution in [0.5, 0.6) is 0 Å². The molecule has 0 spiro atoms. The maximum atomic E-state index is 12.7. The van der Waals surface area contributed by atoms with E-state index in [9.17, 15) is 22.8 Å². The number of benzene rings is 1. The first-order chi connectivity index (χ1) is 8.25. The van der Waals surface area contributed by atoms with Gasteiger partial charge in [0, 0.05) is 12.1 Å². The lowest BCUT2D eigenvalue weighted by Gasteiger charge is -2.13. The van der Waals surface area contributed by atoms with Crippen molar-refractivity contribution in [3.8, 4) is 0 Å². The minimum absolute atomic E-state index is 0.125. The summed E-state index contributed by atoms with van der Waals surface area (Å²) in [6.07, 6.45) is -4.68. The predicted octanol–water partition coefficient (Wildman–Crippen LogP) is 2.04. The molecule has 8 heteroatoms. The highest BCUT2D eigenvalue weighted by Gasteiger charge is 2.34. The second kappa shape index (κ2) is 5.26. The summed E-state index contributed by atoms with van der Waals surface area (Å²) in [5.74, 6) is -2.23. The number of amides is 2. The zero-order chi connectivity index (χ0) is 13.9. The van der Waals surface area contributed by atoms with Gasteiger partial charge in [-0.2, -0.15) is 13.2 Å². The molecule has 18 heavy (non-hydrogen) atoms. The number of carbonyl (C=O) groups excluding carboxylic acids is 2. The fourth-order valence-electron chi connectivity index (χ4n) is 1.15. The van der Waals surface area contributed by atoms with Crippen molar-refractivity contribution in [2.24, 2.45) is 0 Å². The standard InChI is InChI=1S/C10H8ClF3N2O2/c1-15-8(17)9(18)16-7-3-2-5(11)4-6(7)10(12,13)14/h2-4H,1H3,(H,15,17)(H,16,18). The number of likely N-dealkylation sites (N-methyl/N-ethyl adjacent to an activating group) is 1. The van der Waals surface area contributed by atoms with Crippen LogP contribution in [0.4, 0.5) is 18.9 Å². The molecule has 2 N–H and O–H groups in total. The maximum absolute atomic E-state index is 12.7. The molecular weight excluding hydrogens is 273 g/mol. The number of halogens is 4. The van der Waals surface area contributed by atoms with Gasteiger partial charge in [-0.05, 0) is 18.2 Å². The first-order valence-electron chi connectivity index (χ1n) is 4.65. The zero-order valence-corrected chi connectivity index (χ0v) is 9.82. The number of alkyl halides is 3. The smallest absolute Gasteiger partial charge is 0.351 e. The third-order valence-corrected chi connectivity index (χ3v) is 2.20. The van der Waals surface area contributed by atoms with Crippen molar-refractivity contribution >= 4 is 29.1 Å². The fraction of sp³-hybridized carbons (Fsp3) is 0.200. The highest BCUT2D eigenvalue weighted by molar-refractivity contribution is 6.39. The van der Waals surface area contributed by atoms with Crippen LogP contribution in [0.3, 0.4) is 0 Å². The number of hydrogen-bond donors (Lipinski definition) is 2. The second-order valence-corrected chi connectivity index (χ2v) is 3.66. The van der Waals surface area contributed by atoms with E-state index in [1.165, 1.54) is 13.1 Å². The molecule has 1 rings (SSSR count). The van der Waals surface area contributed by atoms with Gasteiger partial charge in [-0.25, -0.2) is 0 Å². The zero-order valence-electron chi connectivity index (χ0n) is 9.06. The van der Waals surface area contributed by atoms with Crippen LogP contribution in [0.1, 0.15) is 5.56 Å². The minimum atomic E-state index is -4.68. The highest BCUT2D eigenvalue weighted by Crippen LogP contribution is 2.36. The van der Waals surface area contributed by atoms with Crippen molar-refractivity contribution in [3.05, 3.63) is 28.8 Å². The first kappa shape index (κ1) is 14.3. The van der Waals surface area contributed by atoms with Gasteiger partial charge in [0.1, 0.15) is 0 Å². The van der Waals surface area contributed by atoms with Crippen LogP contribution in [0, 0.1) is 0 Å². The molecule has 0 aliphatic heterocycles. The van der Waals surface area contributed by atoms with E-state index in [1.807, 2.05) is 10.6 Å². The molecule has 4 nitrogen and oxygen atoms in total. The Morgan fingerprint density at radius 1 is 1.22 bits per heavy atom. The van der Waals surface area contributed by atoms with E-state index in [0.717, 1.165) is 6.07 Å². The molecular formula is C10H8ClF3N2O2. The van der Waals surface area contributed by atoms with Gasteiger partial charge in [-0.15, -0.1) is 0 Å². The molecule has 0 bridgehead atoms. The lowest BCUT2D eigenvalue weighted by molar-refractivity contribution is -0.138. The fourth-order valence-corrected chi connectivity index (χ4v) is 1.32. The average molecular weight is 281 g/mol. The number of carbonyl (C=O) groups is 2. The van der Waals surface area contributed by atoms with Gasteiger partial charge >= 0.3 is 18.0 Å². The van der Waals surface area contributed by atoms with E-state index in [4.69, 9.17) is 11.6 Å². The molecule has 98 valence electrons. The van der Waals surface area contributed by atoms with Crippen LogP contribution in [-0.4, -0.2) is 18.9 Å². The summed E-state index contributed by atoms with van der Waals surface area (Å²) in [7, 11) is 1.19. The number of anilines is 1. The molecule has 1 aromatic rings. The second-order valence-electron chi connectivity index (χ2n) is 3.22. The molecule has 0 radical (unpaired) electrons. The Bertz CT molecular complexity index is 489. The van der Waals surface area contributed by atoms with Crippen molar-refractivity contribution in [3.63, 3.8) is 0 Å². The molecule has 0 fully saturated rings. The van der Waals surface area contributed by atoms with Crippen molar-refractivity contribution in [2.45, 2.75) is 6.18 Å². The molecule has 0 saturated heterocycles. The Kier molecular flexibility index (Phi) is 4.18. The summed E-state index contributed by atoms with van der Waals surface area (Å²) in [6, 6.07) is 2.82. The van der Waals surface area contributed by atoms with Crippen LogP contribution in [0.2, 0.25) is 5.02 Å². The molecule has 0 atom stereocenters. The summed E-state index contributed by atoms with van der Waals surface area (Å²) in [6.45, 7) is 0. The summed E-state index contributed by atoms with van der Waals surface area (Å²) in [5.41, 5.74) is -1.65. The van der Waals surface area contributed by atoms with Crippen LogP contribution >= 0.6 is 11.6 Å². The van der Waals surface area contributed by atoms with Crippen LogP contribution in [0.15, 0.2) is 18.2 Å². The van der Waals surface area contributed by atoms with Gasteiger partial charge in [0.2, 0.25) is 0 Å². The van der Waals surface area contributed by atoms with Gasteiger partial charge < -0.3 is 10.6 Å². The van der Waals surface area contributed by atoms with Crippen molar-refractivity contribution in [1.82, 2.24) is 5.32 Å². The lowest BCUT2D eigenvalue weighted by atomic mass is 10.1. The van der Waals surface area contributed by atoms with E-state index in [0.29, 0.717) is 6.07 Å². The molecule has 0 unspecified atom stereocenters. The van der Waals surface area contributed by atoms with Crippen molar-refractivity contribution < 1.29 is 22.8 Å². The summed E-state index contributed by atoms with van der Waals surface area (Å²) in [5, 5.41) is 3.74. The Hall–Kier alpha value is -1.76. The monoisotopic (exact) mass is 280 g/mol. The topological polar surface area (TPSA) is 58.2 Å². The maximum Gasteiger partial charge on any atom is 0.418 e. The number of rotatable bonds is 1. The predicted molar refractivity (Wildman–Crippen MR) is 59.2 cm³/mol. The first-order valence-corrected chi connectivity index (χ1v) is 5.03. The van der Waals surface area contributed by atoms with Gasteiger partial charge in [-0.1, -0.05) is 11.6 Å². The summed E-state index contributed by atoms with van der Waals surface area (Å²) < 4.78 is 38.0. The molecule has 0 aliphatic carbocycles. The Balaban J connectivity index is 3.10. The average Bonchev–Trinajstić information content (AvgIpc) is 2.28. The molecule has 0 aliphatic rings. The van der Waals surface area contributed by atoms with Gasteiger partial charge in [0.25, 0.3) is 0 Å². The Morgan fingerprint density at radius 2 is 1.83 bits per heavy atom. The van der Waals surface area contributed by atoms with Crippen molar-refractivity contribution in [2.75, 3.05) is 12.4 Å². The highest BCUT2D eigenvalue weighted by atomic mass is 35.5. The largest absolute Gasteiger partial charge is 0.418 e. The third-order valence-electron chi connectivity index (χ3n) is 1.97. The summed E-state index contributed by atoms with van der Waals surface area (Å²) >= 11 is 5.46. The normalized spacial score (nSPS) is 10.9. The van der Waals surface area contributed by atoms with Gasteiger partial charge in [-0.3, -0.25) is 9.59 Å². The summed E-state index contributed by atoms with van der Waals surface area (Å²) in [4.78, 5) is 22.1. The third kappa shape index (κ3) is 3.36. The molecule has 0 aromatic heterocycles. The number of hydrogen-bond acceptors (Lipinski definition) is 2. The number of nitrogens with one attached hydrogen (secondary N) is 2. The molecule has 0 saturated carbocycles. The van der Waals surface area contributed by atoms with Gasteiger partial charge in [0.05, 0.1) is 11.3 Å². The molecule has 0 heterocycles. The van der Waals surface area contributed by atoms with E-state index in [2.05, 4.69) is 0 Å². The Morgan fingerprint density at radius 3 is 2.33 bits per heavy atom.